The molecule has 2 aromatic heterocycles. The molecule has 0 saturated heterocycles. The van der Waals surface area contributed by atoms with Gasteiger partial charge in [-0.2, -0.15) is 4.37 Å². The molecule has 2 aromatic rings. The van der Waals surface area contributed by atoms with E-state index in [-0.39, 0.29) is 11.7 Å². The van der Waals surface area contributed by atoms with E-state index in [9.17, 15) is 4.79 Å². The van der Waals surface area contributed by atoms with Crippen LogP contribution in [0.3, 0.4) is 0 Å². The van der Waals surface area contributed by atoms with Crippen LogP contribution in [0.4, 0.5) is 5.82 Å². The zero-order valence-corrected chi connectivity index (χ0v) is 12.1. The van der Waals surface area contributed by atoms with E-state index in [1.165, 1.54) is 35.1 Å². The molecule has 0 atom stereocenters. The van der Waals surface area contributed by atoms with Crippen LogP contribution in [0.15, 0.2) is 20.1 Å². The molecule has 0 fully saturated rings. The number of carbonyl (C=O) groups excluding carboxylic acids is 1. The van der Waals surface area contributed by atoms with Gasteiger partial charge in [-0.1, -0.05) is 28.7 Å². The largest absolute Gasteiger partial charge is 0.360 e. The smallest absolute Gasteiger partial charge is 0.236 e. The minimum atomic E-state index is -0.144. The van der Waals surface area contributed by atoms with Gasteiger partial charge >= 0.3 is 0 Å². The molecule has 0 aliphatic rings. The molecule has 6 nitrogen and oxygen atoms in total. The number of anilines is 1. The number of nitrogens with zero attached hydrogens (tertiary/aromatic N) is 3. The number of thioether (sulfide) groups is 2. The molecule has 0 radical (unpaired) electrons. The second kappa shape index (κ2) is 6.21. The SMILES string of the molecule is CSc1nsc(SCC(=O)Nc2cc(C)on2)n1. The molecule has 2 heterocycles. The van der Waals surface area contributed by atoms with Crippen LogP contribution >= 0.6 is 35.1 Å². The summed E-state index contributed by atoms with van der Waals surface area (Å²) in [7, 11) is 0. The lowest BCUT2D eigenvalue weighted by Gasteiger charge is -1.98. The lowest BCUT2D eigenvalue weighted by Crippen LogP contribution is -2.14. The number of nitrogens with one attached hydrogen (secondary N) is 1. The highest BCUT2D eigenvalue weighted by molar-refractivity contribution is 8.01. The Kier molecular flexibility index (Phi) is 4.61. The lowest BCUT2D eigenvalue weighted by molar-refractivity contribution is -0.113. The van der Waals surface area contributed by atoms with Crippen LogP contribution in [0.2, 0.25) is 0 Å². The van der Waals surface area contributed by atoms with Gasteiger partial charge < -0.3 is 9.84 Å². The highest BCUT2D eigenvalue weighted by Gasteiger charge is 2.09. The number of carbonyl (C=O) groups is 1. The fourth-order valence-corrected chi connectivity index (χ4v) is 3.08. The predicted octanol–water partition coefficient (Wildman–Crippen LogP) is 2.29. The first-order valence-corrected chi connectivity index (χ1v) is 7.89. The van der Waals surface area contributed by atoms with Crippen molar-refractivity contribution in [1.82, 2.24) is 14.5 Å². The molecular weight excluding hydrogens is 292 g/mol. The summed E-state index contributed by atoms with van der Waals surface area (Å²) in [5, 5.41) is 7.06. The molecule has 1 amide bonds. The van der Waals surface area contributed by atoms with E-state index in [2.05, 4.69) is 19.8 Å². The topological polar surface area (TPSA) is 80.9 Å². The predicted molar refractivity (Wildman–Crippen MR) is 72.3 cm³/mol. The Morgan fingerprint density at radius 2 is 2.44 bits per heavy atom. The Labute approximate surface area is 116 Å². The number of amides is 1. The minimum absolute atomic E-state index is 0.144. The van der Waals surface area contributed by atoms with Crippen molar-refractivity contribution in [3.8, 4) is 0 Å². The molecule has 0 saturated carbocycles. The van der Waals surface area contributed by atoms with Gasteiger partial charge in [0.1, 0.15) is 5.76 Å². The molecule has 0 aliphatic carbocycles. The summed E-state index contributed by atoms with van der Waals surface area (Å²) in [5.41, 5.74) is 0. The lowest BCUT2D eigenvalue weighted by atomic mass is 10.5. The average Bonchev–Trinajstić information content (AvgIpc) is 2.95. The van der Waals surface area contributed by atoms with Gasteiger partial charge in [-0.05, 0) is 24.7 Å². The normalized spacial score (nSPS) is 10.6. The van der Waals surface area contributed by atoms with Gasteiger partial charge in [0.05, 0.1) is 5.75 Å². The summed E-state index contributed by atoms with van der Waals surface area (Å²) >= 11 is 4.13. The molecule has 96 valence electrons. The number of hydrogen-bond acceptors (Lipinski definition) is 8. The Morgan fingerprint density at radius 3 is 3.06 bits per heavy atom. The van der Waals surface area contributed by atoms with Crippen molar-refractivity contribution < 1.29 is 9.32 Å². The quantitative estimate of drug-likeness (QED) is 0.849. The van der Waals surface area contributed by atoms with Gasteiger partial charge in [0, 0.05) is 6.07 Å². The van der Waals surface area contributed by atoms with Gasteiger partial charge in [-0.15, -0.1) is 0 Å². The Morgan fingerprint density at radius 1 is 1.61 bits per heavy atom. The van der Waals surface area contributed by atoms with E-state index in [0.29, 0.717) is 11.6 Å². The van der Waals surface area contributed by atoms with Crippen LogP contribution < -0.4 is 5.32 Å². The third-order valence-corrected chi connectivity index (χ3v) is 4.29. The van der Waals surface area contributed by atoms with Gasteiger partial charge in [-0.25, -0.2) is 4.98 Å². The molecule has 0 aliphatic heterocycles. The Hall–Kier alpha value is -1.06. The average molecular weight is 302 g/mol. The van der Waals surface area contributed by atoms with Crippen molar-refractivity contribution in [2.24, 2.45) is 0 Å². The summed E-state index contributed by atoms with van der Waals surface area (Å²) in [6, 6.07) is 1.67. The van der Waals surface area contributed by atoms with Crippen LogP contribution in [0.1, 0.15) is 5.76 Å². The van der Waals surface area contributed by atoms with Crippen LogP contribution in [0, 0.1) is 6.92 Å². The monoisotopic (exact) mass is 302 g/mol. The highest BCUT2D eigenvalue weighted by Crippen LogP contribution is 2.23. The number of rotatable bonds is 5. The van der Waals surface area contributed by atoms with E-state index in [0.717, 1.165) is 9.50 Å². The van der Waals surface area contributed by atoms with Crippen LogP contribution in [-0.4, -0.2) is 32.4 Å². The van der Waals surface area contributed by atoms with Gasteiger partial charge in [0.25, 0.3) is 0 Å². The Balaban J connectivity index is 1.81. The third-order valence-electron chi connectivity index (χ3n) is 1.79. The van der Waals surface area contributed by atoms with Gasteiger partial charge in [0.2, 0.25) is 11.1 Å². The minimum Gasteiger partial charge on any atom is -0.360 e. The van der Waals surface area contributed by atoms with Crippen molar-refractivity contribution >= 4 is 46.8 Å². The summed E-state index contributed by atoms with van der Waals surface area (Å²) < 4.78 is 9.75. The molecule has 0 unspecified atom stereocenters. The summed E-state index contributed by atoms with van der Waals surface area (Å²) in [5.74, 6) is 1.22. The number of aryl methyl sites for hydroxylation is 1. The van der Waals surface area contributed by atoms with Crippen molar-refractivity contribution in [3.05, 3.63) is 11.8 Å². The third kappa shape index (κ3) is 3.72. The van der Waals surface area contributed by atoms with Gasteiger partial charge in [0.15, 0.2) is 10.2 Å². The van der Waals surface area contributed by atoms with E-state index in [1.54, 1.807) is 13.0 Å². The molecule has 1 N–H and O–H groups in total. The summed E-state index contributed by atoms with van der Waals surface area (Å²) in [6.07, 6.45) is 1.91. The van der Waals surface area contributed by atoms with Crippen LogP contribution in [-0.2, 0) is 4.79 Å². The van der Waals surface area contributed by atoms with Crippen molar-refractivity contribution in [1.29, 1.82) is 0 Å². The first-order valence-electron chi connectivity index (χ1n) is 4.91. The fraction of sp³-hybridized carbons (Fsp3) is 0.333. The highest BCUT2D eigenvalue weighted by atomic mass is 32.2. The first kappa shape index (κ1) is 13.4. The maximum Gasteiger partial charge on any atom is 0.236 e. The molecular formula is C9H10N4O2S3. The second-order valence-corrected chi connectivity index (χ2v) is 5.95. The second-order valence-electron chi connectivity index (χ2n) is 3.21. The van der Waals surface area contributed by atoms with Crippen molar-refractivity contribution in [2.75, 3.05) is 17.3 Å². The maximum atomic E-state index is 11.6. The first-order chi connectivity index (χ1) is 8.67. The van der Waals surface area contributed by atoms with Crippen molar-refractivity contribution in [3.63, 3.8) is 0 Å². The van der Waals surface area contributed by atoms with E-state index in [1.807, 2.05) is 6.26 Å². The summed E-state index contributed by atoms with van der Waals surface area (Å²) in [4.78, 5) is 15.8. The van der Waals surface area contributed by atoms with Gasteiger partial charge in [-0.3, -0.25) is 4.79 Å². The van der Waals surface area contributed by atoms with Crippen molar-refractivity contribution in [2.45, 2.75) is 16.4 Å². The fourth-order valence-electron chi connectivity index (χ4n) is 1.07. The molecule has 18 heavy (non-hydrogen) atoms. The molecule has 2 rings (SSSR count). The number of aromatic nitrogens is 3. The molecule has 9 heteroatoms. The van der Waals surface area contributed by atoms with Crippen LogP contribution in [0.5, 0.6) is 0 Å². The molecule has 0 aromatic carbocycles. The zero-order chi connectivity index (χ0) is 13.0. The number of hydrogen-bond donors (Lipinski definition) is 1. The summed E-state index contributed by atoms with van der Waals surface area (Å²) in [6.45, 7) is 1.77. The van der Waals surface area contributed by atoms with E-state index < -0.39 is 0 Å². The Bertz CT molecular complexity index is 539. The maximum absolute atomic E-state index is 11.6. The zero-order valence-electron chi connectivity index (χ0n) is 9.67. The molecule has 0 spiro atoms. The van der Waals surface area contributed by atoms with Crippen LogP contribution in [0.25, 0.3) is 0 Å². The molecule has 0 bridgehead atoms. The van der Waals surface area contributed by atoms with E-state index in [4.69, 9.17) is 4.52 Å². The van der Waals surface area contributed by atoms with E-state index >= 15 is 0 Å². The standard InChI is InChI=1S/C9H10N4O2S3/c1-5-3-6(12-15-5)10-7(14)4-17-9-11-8(16-2)13-18-9/h3H,4H2,1-2H3,(H,10,12,14).